The van der Waals surface area contributed by atoms with Crippen molar-refractivity contribution in [2.75, 3.05) is 38.5 Å². The summed E-state index contributed by atoms with van der Waals surface area (Å²) in [7, 11) is 2.18. The van der Waals surface area contributed by atoms with E-state index in [1.54, 1.807) is 23.8 Å². The fourth-order valence-electron chi connectivity index (χ4n) is 5.22. The van der Waals surface area contributed by atoms with Gasteiger partial charge in [0.2, 0.25) is 5.95 Å². The van der Waals surface area contributed by atoms with Crippen LogP contribution in [0.5, 0.6) is 0 Å². The molecule has 1 aliphatic heterocycles. The highest BCUT2D eigenvalue weighted by atomic mass is 19.3. The lowest BCUT2D eigenvalue weighted by molar-refractivity contribution is 0.0656. The number of aryl methyl sites for hydroxylation is 1. The fourth-order valence-corrected chi connectivity index (χ4v) is 5.22. The number of halogens is 2. The van der Waals surface area contributed by atoms with E-state index in [4.69, 9.17) is 0 Å². The van der Waals surface area contributed by atoms with Crippen LogP contribution in [0.25, 0.3) is 27.8 Å². The molecule has 9 nitrogen and oxygen atoms in total. The van der Waals surface area contributed by atoms with Crippen LogP contribution in [0.1, 0.15) is 18.7 Å². The van der Waals surface area contributed by atoms with E-state index in [-0.39, 0.29) is 0 Å². The van der Waals surface area contributed by atoms with Crippen molar-refractivity contribution >= 4 is 22.6 Å². The number of nitrogens with zero attached hydrogens (tertiary/aromatic N) is 8. The van der Waals surface area contributed by atoms with E-state index in [9.17, 15) is 8.78 Å². The summed E-state index contributed by atoms with van der Waals surface area (Å²) in [5.74, 6) is 1.14. The molecule has 0 unspecified atom stereocenters. The molecule has 2 aliphatic rings. The molecule has 1 saturated heterocycles. The van der Waals surface area contributed by atoms with Crippen molar-refractivity contribution in [1.29, 1.82) is 0 Å². The van der Waals surface area contributed by atoms with E-state index in [1.165, 1.54) is 4.57 Å². The molecule has 0 atom stereocenters. The summed E-state index contributed by atoms with van der Waals surface area (Å²) < 4.78 is 29.5. The molecule has 1 N–H and O–H groups in total. The number of fused-ring (bicyclic) bond motifs is 2. The van der Waals surface area contributed by atoms with E-state index in [2.05, 4.69) is 42.2 Å². The van der Waals surface area contributed by atoms with Crippen LogP contribution < -0.4 is 5.32 Å². The summed E-state index contributed by atoms with van der Waals surface area (Å²) in [5.41, 5.74) is 3.60. The first-order valence-corrected chi connectivity index (χ1v) is 12.1. The van der Waals surface area contributed by atoms with Crippen molar-refractivity contribution in [3.63, 3.8) is 0 Å². The van der Waals surface area contributed by atoms with Gasteiger partial charge in [-0.25, -0.2) is 28.2 Å². The van der Waals surface area contributed by atoms with Crippen LogP contribution >= 0.6 is 0 Å². The van der Waals surface area contributed by atoms with Gasteiger partial charge in [0, 0.05) is 61.8 Å². The standard InChI is InChI=1S/C24H29F2N9/c1-15-29-23-20(34(15)14-22(25)26)9-16(12-27-23)19-3-4-35-21(19)13-28-24(31-35)30-17-10-18(11-17)33-7-5-32(2)6-8-33/h3-4,9,12-13,17-18,22H,5-8,10-11,14H2,1-2H3,(H,30,31)/t17-,18+. The molecule has 1 saturated carbocycles. The number of likely N-dealkylation sites (N-methyl/N-ethyl adjacent to an activating group) is 1. The summed E-state index contributed by atoms with van der Waals surface area (Å²) in [6, 6.07) is 4.84. The van der Waals surface area contributed by atoms with Crippen LogP contribution in [-0.2, 0) is 6.54 Å². The van der Waals surface area contributed by atoms with E-state index in [1.807, 2.05) is 18.3 Å². The minimum atomic E-state index is -2.46. The Bertz CT molecular complexity index is 1350. The number of piperazine rings is 1. The van der Waals surface area contributed by atoms with Gasteiger partial charge in [-0.15, -0.1) is 5.10 Å². The Labute approximate surface area is 201 Å². The van der Waals surface area contributed by atoms with Crippen LogP contribution in [0.15, 0.2) is 30.7 Å². The molecule has 4 aromatic heterocycles. The highest BCUT2D eigenvalue weighted by Crippen LogP contribution is 2.30. The SMILES string of the molecule is Cc1nc2ncc(-c3ccn4nc(N[C@H]5C[C@@H](N6CCN(C)CC6)C5)ncc34)cc2n1CC(F)F. The lowest BCUT2D eigenvalue weighted by atomic mass is 9.85. The van der Waals surface area contributed by atoms with Gasteiger partial charge in [-0.2, -0.15) is 0 Å². The minimum absolute atomic E-state index is 0.386. The summed E-state index contributed by atoms with van der Waals surface area (Å²) in [6.45, 7) is 5.88. The van der Waals surface area contributed by atoms with Gasteiger partial charge in [0.05, 0.1) is 23.8 Å². The van der Waals surface area contributed by atoms with Gasteiger partial charge in [0.15, 0.2) is 5.65 Å². The molecule has 0 spiro atoms. The van der Waals surface area contributed by atoms with Crippen LogP contribution in [0.3, 0.4) is 0 Å². The molecule has 5 heterocycles. The van der Waals surface area contributed by atoms with Crippen molar-refractivity contribution < 1.29 is 8.78 Å². The highest BCUT2D eigenvalue weighted by Gasteiger charge is 2.35. The molecule has 11 heteroatoms. The Balaban J connectivity index is 1.18. The van der Waals surface area contributed by atoms with Crippen molar-refractivity contribution in [3.05, 3.63) is 36.5 Å². The molecular formula is C24H29F2N9. The Kier molecular flexibility index (Phi) is 5.60. The average Bonchev–Trinajstić information content (AvgIpc) is 3.36. The van der Waals surface area contributed by atoms with E-state index < -0.39 is 13.0 Å². The minimum Gasteiger partial charge on any atom is -0.350 e. The maximum absolute atomic E-state index is 13.1. The van der Waals surface area contributed by atoms with E-state index in [0.717, 1.165) is 55.7 Å². The third-order valence-corrected chi connectivity index (χ3v) is 7.35. The third kappa shape index (κ3) is 4.23. The quantitative estimate of drug-likeness (QED) is 0.454. The first kappa shape index (κ1) is 22.3. The zero-order valence-electron chi connectivity index (χ0n) is 19.9. The number of aromatic nitrogens is 6. The van der Waals surface area contributed by atoms with Crippen molar-refractivity contribution in [3.8, 4) is 11.1 Å². The number of pyridine rings is 1. The fraction of sp³-hybridized carbons (Fsp3) is 0.500. The van der Waals surface area contributed by atoms with E-state index in [0.29, 0.717) is 35.0 Å². The summed E-state index contributed by atoms with van der Waals surface area (Å²) in [6.07, 6.45) is 5.16. The second kappa shape index (κ2) is 8.80. The number of rotatable bonds is 6. The topological polar surface area (TPSA) is 79.4 Å². The third-order valence-electron chi connectivity index (χ3n) is 7.35. The van der Waals surface area contributed by atoms with Crippen molar-refractivity contribution in [1.82, 2.24) is 38.9 Å². The van der Waals surface area contributed by atoms with Gasteiger partial charge in [-0.05, 0) is 38.9 Å². The first-order chi connectivity index (χ1) is 16.9. The maximum Gasteiger partial charge on any atom is 0.256 e. The molecule has 2 fully saturated rings. The molecule has 0 amide bonds. The first-order valence-electron chi connectivity index (χ1n) is 12.1. The van der Waals surface area contributed by atoms with Gasteiger partial charge in [0.25, 0.3) is 6.43 Å². The highest BCUT2D eigenvalue weighted by molar-refractivity contribution is 5.85. The number of anilines is 1. The summed E-state index contributed by atoms with van der Waals surface area (Å²) in [5, 5.41) is 8.13. The largest absolute Gasteiger partial charge is 0.350 e. The average molecular weight is 482 g/mol. The van der Waals surface area contributed by atoms with Crippen LogP contribution in [-0.4, -0.2) is 90.7 Å². The molecule has 184 valence electrons. The van der Waals surface area contributed by atoms with Crippen LogP contribution in [0.4, 0.5) is 14.7 Å². The number of hydrogen-bond acceptors (Lipinski definition) is 7. The smallest absolute Gasteiger partial charge is 0.256 e. The summed E-state index contributed by atoms with van der Waals surface area (Å²) >= 11 is 0. The second-order valence-corrected chi connectivity index (χ2v) is 9.67. The normalized spacial score (nSPS) is 21.7. The van der Waals surface area contributed by atoms with Crippen molar-refractivity contribution in [2.24, 2.45) is 0 Å². The zero-order chi connectivity index (χ0) is 24.1. The lowest BCUT2D eigenvalue weighted by Crippen LogP contribution is -2.55. The number of hydrogen-bond donors (Lipinski definition) is 1. The Morgan fingerprint density at radius 2 is 1.89 bits per heavy atom. The van der Waals surface area contributed by atoms with Crippen LogP contribution in [0.2, 0.25) is 0 Å². The Hall–Kier alpha value is -3.18. The second-order valence-electron chi connectivity index (χ2n) is 9.67. The predicted molar refractivity (Wildman–Crippen MR) is 130 cm³/mol. The van der Waals surface area contributed by atoms with Crippen LogP contribution in [0, 0.1) is 6.92 Å². The number of nitrogens with one attached hydrogen (secondary N) is 1. The monoisotopic (exact) mass is 481 g/mol. The molecule has 0 bridgehead atoms. The zero-order valence-corrected chi connectivity index (χ0v) is 19.9. The van der Waals surface area contributed by atoms with Gasteiger partial charge < -0.3 is 14.8 Å². The molecule has 6 rings (SSSR count). The number of imidazole rings is 1. The lowest BCUT2D eigenvalue weighted by Gasteiger charge is -2.46. The van der Waals surface area contributed by atoms with Gasteiger partial charge in [-0.3, -0.25) is 4.90 Å². The predicted octanol–water partition coefficient (Wildman–Crippen LogP) is 2.90. The van der Waals surface area contributed by atoms with Gasteiger partial charge in [0.1, 0.15) is 5.82 Å². The molecule has 1 aliphatic carbocycles. The Morgan fingerprint density at radius 1 is 1.09 bits per heavy atom. The van der Waals surface area contributed by atoms with Gasteiger partial charge in [-0.1, -0.05) is 0 Å². The summed E-state index contributed by atoms with van der Waals surface area (Å²) in [4.78, 5) is 18.3. The molecule has 0 aromatic carbocycles. The maximum atomic E-state index is 13.1. The molecule has 4 aromatic rings. The molecule has 35 heavy (non-hydrogen) atoms. The van der Waals surface area contributed by atoms with E-state index >= 15 is 0 Å². The van der Waals surface area contributed by atoms with Gasteiger partial charge >= 0.3 is 0 Å². The molecular weight excluding hydrogens is 452 g/mol. The number of alkyl halides is 2. The molecule has 0 radical (unpaired) electrons. The Morgan fingerprint density at radius 3 is 2.66 bits per heavy atom. The van der Waals surface area contributed by atoms with Crippen molar-refractivity contribution in [2.45, 2.75) is 44.8 Å².